The summed E-state index contributed by atoms with van der Waals surface area (Å²) < 4.78 is 4.18. The van der Waals surface area contributed by atoms with Gasteiger partial charge in [-0.2, -0.15) is 0 Å². The number of hydrogen-bond donors (Lipinski definition) is 1. The molecule has 0 aliphatic carbocycles. The maximum Gasteiger partial charge on any atom is 0.404 e. The molecule has 134 valence electrons. The molecule has 0 radical (unpaired) electrons. The van der Waals surface area contributed by atoms with E-state index < -0.39 is 6.09 Å². The molecular weight excluding hydrogens is 322 g/mol. The number of primary amides is 1. The van der Waals surface area contributed by atoms with Crippen molar-refractivity contribution in [1.29, 1.82) is 0 Å². The number of hydrogen-bond acceptors (Lipinski definition) is 2. The molecule has 0 unspecified atom stereocenters. The molecule has 0 saturated carbocycles. The number of benzene rings is 2. The van der Waals surface area contributed by atoms with Gasteiger partial charge in [0, 0.05) is 0 Å². The number of allylic oxidation sites excluding steroid dienone is 5. The van der Waals surface area contributed by atoms with Gasteiger partial charge in [-0.15, -0.1) is 0 Å². The quantitative estimate of drug-likeness (QED) is 0.689. The minimum atomic E-state index is -0.711. The lowest BCUT2D eigenvalue weighted by molar-refractivity contribution is 0.163. The molecule has 0 aliphatic heterocycles. The summed E-state index contributed by atoms with van der Waals surface area (Å²) in [5.74, 6) is 0. The molecule has 0 fully saturated rings. The van der Waals surface area contributed by atoms with E-state index in [0.29, 0.717) is 6.61 Å². The van der Waals surface area contributed by atoms with Crippen molar-refractivity contribution in [3.8, 4) is 0 Å². The van der Waals surface area contributed by atoms with Crippen LogP contribution in [0.15, 0.2) is 97.1 Å². The maximum atomic E-state index is 9.60. The van der Waals surface area contributed by atoms with Gasteiger partial charge in [0.1, 0.15) is 0 Å². The van der Waals surface area contributed by atoms with E-state index in [-0.39, 0.29) is 0 Å². The van der Waals surface area contributed by atoms with E-state index in [1.165, 1.54) is 11.1 Å². The van der Waals surface area contributed by atoms with Gasteiger partial charge in [0.25, 0.3) is 0 Å². The third-order valence-corrected chi connectivity index (χ3v) is 3.11. The monoisotopic (exact) mass is 347 g/mol. The lowest BCUT2D eigenvalue weighted by atomic mass is 10.1. The highest BCUT2D eigenvalue weighted by atomic mass is 16.5. The first-order chi connectivity index (χ1) is 12.7. The van der Waals surface area contributed by atoms with Gasteiger partial charge in [-0.3, -0.25) is 0 Å². The van der Waals surface area contributed by atoms with Crippen LogP contribution in [0.2, 0.25) is 0 Å². The first-order valence-corrected chi connectivity index (χ1v) is 8.37. The molecule has 3 heteroatoms. The molecule has 0 bridgehead atoms. The number of ether oxygens (including phenoxy) is 1. The fourth-order valence-electron chi connectivity index (χ4n) is 1.97. The Balaban J connectivity index is 0.000000487. The van der Waals surface area contributed by atoms with E-state index in [9.17, 15) is 4.79 Å². The first kappa shape index (κ1) is 20.7. The van der Waals surface area contributed by atoms with Crippen molar-refractivity contribution in [2.24, 2.45) is 5.73 Å². The number of carbonyl (C=O) groups is 1. The molecule has 3 nitrogen and oxygen atoms in total. The average molecular weight is 347 g/mol. The van der Waals surface area contributed by atoms with Crippen molar-refractivity contribution in [3.63, 3.8) is 0 Å². The zero-order valence-corrected chi connectivity index (χ0v) is 15.0. The summed E-state index contributed by atoms with van der Waals surface area (Å²) in [6, 6.07) is 20.6. The standard InChI is InChI=1S/C20H18.C3H7NO2/c1-2-3-10-20(17-19-13-8-5-9-14-19)16-15-18-11-6-4-7-12-18;1-2-6-3(4)5/h2-17H,1H2;2H2,1H3,(H2,4,5). The van der Waals surface area contributed by atoms with E-state index in [4.69, 9.17) is 0 Å². The molecule has 26 heavy (non-hydrogen) atoms. The van der Waals surface area contributed by atoms with Gasteiger partial charge >= 0.3 is 6.09 Å². The largest absolute Gasteiger partial charge is 0.450 e. The summed E-state index contributed by atoms with van der Waals surface area (Å²) >= 11 is 0. The van der Waals surface area contributed by atoms with Crippen molar-refractivity contribution in [2.45, 2.75) is 6.92 Å². The molecule has 0 aromatic heterocycles. The number of nitrogens with two attached hydrogens (primary N) is 1. The van der Waals surface area contributed by atoms with Crippen molar-refractivity contribution in [2.75, 3.05) is 6.61 Å². The maximum absolute atomic E-state index is 9.60. The fourth-order valence-corrected chi connectivity index (χ4v) is 1.97. The van der Waals surface area contributed by atoms with Gasteiger partial charge in [-0.25, -0.2) is 4.79 Å². The van der Waals surface area contributed by atoms with Gasteiger partial charge in [0.15, 0.2) is 0 Å². The number of rotatable bonds is 6. The van der Waals surface area contributed by atoms with Gasteiger partial charge < -0.3 is 10.5 Å². The Morgan fingerprint density at radius 3 is 2.04 bits per heavy atom. The lowest BCUT2D eigenvalue weighted by Gasteiger charge is -1.97. The average Bonchev–Trinajstić information content (AvgIpc) is 2.66. The van der Waals surface area contributed by atoms with Gasteiger partial charge in [-0.05, 0) is 29.7 Å². The van der Waals surface area contributed by atoms with Crippen LogP contribution in [0.1, 0.15) is 18.1 Å². The zero-order valence-electron chi connectivity index (χ0n) is 15.0. The Morgan fingerprint density at radius 2 is 1.58 bits per heavy atom. The molecule has 0 heterocycles. The van der Waals surface area contributed by atoms with Crippen LogP contribution in [0.5, 0.6) is 0 Å². The second kappa shape index (κ2) is 13.0. The normalized spacial score (nSPS) is 11.0. The van der Waals surface area contributed by atoms with Crippen LogP contribution in [0.4, 0.5) is 4.79 Å². The molecule has 2 rings (SSSR count). The molecule has 0 aliphatic rings. The summed E-state index contributed by atoms with van der Waals surface area (Å²) in [6.45, 7) is 5.78. The van der Waals surface area contributed by atoms with E-state index in [1.807, 2.05) is 42.5 Å². The van der Waals surface area contributed by atoms with Crippen LogP contribution >= 0.6 is 0 Å². The fraction of sp³-hybridized carbons (Fsp3) is 0.0870. The Hall–Kier alpha value is -3.33. The summed E-state index contributed by atoms with van der Waals surface area (Å²) in [6.07, 6.45) is 11.5. The van der Waals surface area contributed by atoms with E-state index in [1.54, 1.807) is 13.0 Å². The minimum absolute atomic E-state index is 0.356. The molecule has 0 atom stereocenters. The Morgan fingerprint density at radius 1 is 1.00 bits per heavy atom. The Bertz CT molecular complexity index is 744. The molecule has 0 saturated heterocycles. The molecule has 2 N–H and O–H groups in total. The summed E-state index contributed by atoms with van der Waals surface area (Å²) in [5.41, 5.74) is 8.06. The summed E-state index contributed by atoms with van der Waals surface area (Å²) in [5, 5.41) is 0. The summed E-state index contributed by atoms with van der Waals surface area (Å²) in [7, 11) is 0. The SMILES string of the molecule is C=CC=CC(C=Cc1ccccc1)=Cc1ccccc1.CCOC(N)=O. The highest BCUT2D eigenvalue weighted by Gasteiger charge is 1.90. The van der Waals surface area contributed by atoms with E-state index in [2.05, 4.69) is 65.6 Å². The number of amides is 1. The number of carbonyl (C=O) groups excluding carboxylic acids is 1. The highest BCUT2D eigenvalue weighted by molar-refractivity contribution is 5.65. The van der Waals surface area contributed by atoms with Crippen molar-refractivity contribution < 1.29 is 9.53 Å². The molecule has 2 aromatic carbocycles. The minimum Gasteiger partial charge on any atom is -0.450 e. The third kappa shape index (κ3) is 9.73. The molecular formula is C23H25NO2. The predicted octanol–water partition coefficient (Wildman–Crippen LogP) is 5.63. The van der Waals surface area contributed by atoms with Crippen LogP contribution in [0.3, 0.4) is 0 Å². The zero-order chi connectivity index (χ0) is 19.0. The van der Waals surface area contributed by atoms with Crippen molar-refractivity contribution in [3.05, 3.63) is 108 Å². The highest BCUT2D eigenvalue weighted by Crippen LogP contribution is 2.11. The molecule has 1 amide bonds. The smallest absolute Gasteiger partial charge is 0.404 e. The van der Waals surface area contributed by atoms with Gasteiger partial charge in [0.2, 0.25) is 0 Å². The van der Waals surface area contributed by atoms with Gasteiger partial charge in [0.05, 0.1) is 6.61 Å². The second-order valence-electron chi connectivity index (χ2n) is 5.15. The van der Waals surface area contributed by atoms with Crippen molar-refractivity contribution >= 4 is 18.2 Å². The molecule has 0 spiro atoms. The lowest BCUT2D eigenvalue weighted by Crippen LogP contribution is -2.11. The topological polar surface area (TPSA) is 52.3 Å². The van der Waals surface area contributed by atoms with Crippen LogP contribution in [0, 0.1) is 0 Å². The van der Waals surface area contributed by atoms with Gasteiger partial charge in [-0.1, -0.05) is 97.6 Å². The summed E-state index contributed by atoms with van der Waals surface area (Å²) in [4.78, 5) is 9.60. The second-order valence-corrected chi connectivity index (χ2v) is 5.15. The third-order valence-electron chi connectivity index (χ3n) is 3.11. The molecule has 2 aromatic rings. The van der Waals surface area contributed by atoms with Crippen molar-refractivity contribution in [1.82, 2.24) is 0 Å². The van der Waals surface area contributed by atoms with Crippen LogP contribution in [0.25, 0.3) is 12.2 Å². The Labute approximate surface area is 155 Å². The predicted molar refractivity (Wildman–Crippen MR) is 110 cm³/mol. The van der Waals surface area contributed by atoms with E-state index >= 15 is 0 Å². The van der Waals surface area contributed by atoms with Crippen LogP contribution in [-0.2, 0) is 4.74 Å². The van der Waals surface area contributed by atoms with Crippen LogP contribution < -0.4 is 5.73 Å². The van der Waals surface area contributed by atoms with E-state index in [0.717, 1.165) is 5.57 Å². The van der Waals surface area contributed by atoms with Crippen LogP contribution in [-0.4, -0.2) is 12.7 Å². The Kier molecular flexibility index (Phi) is 10.4. The first-order valence-electron chi connectivity index (χ1n) is 8.37.